The maximum absolute atomic E-state index is 13.5. The van der Waals surface area contributed by atoms with Gasteiger partial charge in [0.15, 0.2) is 5.79 Å². The predicted octanol–water partition coefficient (Wildman–Crippen LogP) is 1.43. The zero-order valence-corrected chi connectivity index (χ0v) is 7.73. The Balaban J connectivity index is 2.21. The highest BCUT2D eigenvalue weighted by Crippen LogP contribution is 2.21. The van der Waals surface area contributed by atoms with E-state index in [0.717, 1.165) is 5.82 Å². The SMILES string of the molecule is NC1(F)CC=CN(c2ccccn2)C1. The number of halogens is 1. The van der Waals surface area contributed by atoms with Crippen LogP contribution in [0.25, 0.3) is 0 Å². The smallest absolute Gasteiger partial charge is 0.180 e. The quantitative estimate of drug-likeness (QED) is 0.686. The van der Waals surface area contributed by atoms with Crippen LogP contribution in [-0.2, 0) is 0 Å². The summed E-state index contributed by atoms with van der Waals surface area (Å²) in [6.45, 7) is 0.153. The topological polar surface area (TPSA) is 42.1 Å². The maximum Gasteiger partial charge on any atom is 0.180 e. The van der Waals surface area contributed by atoms with E-state index < -0.39 is 5.79 Å². The first-order valence-corrected chi connectivity index (χ1v) is 4.49. The monoisotopic (exact) mass is 193 g/mol. The fraction of sp³-hybridized carbons (Fsp3) is 0.300. The van der Waals surface area contributed by atoms with Crippen LogP contribution in [0.5, 0.6) is 0 Å². The lowest BCUT2D eigenvalue weighted by atomic mass is 10.1. The van der Waals surface area contributed by atoms with Crippen LogP contribution in [0.15, 0.2) is 36.7 Å². The summed E-state index contributed by atoms with van der Waals surface area (Å²) in [7, 11) is 0. The summed E-state index contributed by atoms with van der Waals surface area (Å²) in [5, 5.41) is 0. The molecule has 2 rings (SSSR count). The number of nitrogens with two attached hydrogens (primary N) is 1. The molecule has 0 bridgehead atoms. The first-order chi connectivity index (χ1) is 6.67. The normalized spacial score (nSPS) is 26.6. The minimum Gasteiger partial charge on any atom is -0.329 e. The highest BCUT2D eigenvalue weighted by atomic mass is 19.1. The molecule has 0 spiro atoms. The number of hydrogen-bond acceptors (Lipinski definition) is 3. The Labute approximate surface area is 82.0 Å². The summed E-state index contributed by atoms with van der Waals surface area (Å²) in [5.74, 6) is -0.928. The molecule has 2 N–H and O–H groups in total. The lowest BCUT2D eigenvalue weighted by Gasteiger charge is -2.30. The van der Waals surface area contributed by atoms with E-state index in [1.54, 1.807) is 17.2 Å². The van der Waals surface area contributed by atoms with E-state index in [1.165, 1.54) is 0 Å². The van der Waals surface area contributed by atoms with E-state index >= 15 is 0 Å². The first kappa shape index (κ1) is 9.15. The van der Waals surface area contributed by atoms with Gasteiger partial charge in [0.05, 0.1) is 6.54 Å². The van der Waals surface area contributed by atoms with Gasteiger partial charge >= 0.3 is 0 Å². The standard InChI is InChI=1S/C10H12FN3/c11-10(12)5-3-7-14(8-10)9-4-1-2-6-13-9/h1-4,6-7H,5,8,12H2. The van der Waals surface area contributed by atoms with Crippen molar-refractivity contribution in [1.82, 2.24) is 4.98 Å². The lowest BCUT2D eigenvalue weighted by molar-refractivity contribution is 0.181. The highest BCUT2D eigenvalue weighted by Gasteiger charge is 2.28. The van der Waals surface area contributed by atoms with Crippen LogP contribution in [0.1, 0.15) is 6.42 Å². The Bertz CT molecular complexity index is 334. The van der Waals surface area contributed by atoms with Gasteiger partial charge in [-0.05, 0) is 12.1 Å². The first-order valence-electron chi connectivity index (χ1n) is 4.49. The Morgan fingerprint density at radius 3 is 3.00 bits per heavy atom. The molecule has 0 radical (unpaired) electrons. The van der Waals surface area contributed by atoms with Crippen molar-refractivity contribution in [3.8, 4) is 0 Å². The molecular weight excluding hydrogens is 181 g/mol. The highest BCUT2D eigenvalue weighted by molar-refractivity contribution is 5.43. The molecule has 0 saturated carbocycles. The minimum absolute atomic E-state index is 0.153. The van der Waals surface area contributed by atoms with Crippen LogP contribution in [0.3, 0.4) is 0 Å². The van der Waals surface area contributed by atoms with Crippen LogP contribution in [0.4, 0.5) is 10.2 Å². The molecule has 74 valence electrons. The van der Waals surface area contributed by atoms with Crippen LogP contribution < -0.4 is 10.6 Å². The largest absolute Gasteiger partial charge is 0.329 e. The van der Waals surface area contributed by atoms with Gasteiger partial charge in [-0.25, -0.2) is 9.37 Å². The molecule has 4 heteroatoms. The zero-order chi connectivity index (χ0) is 10.0. The van der Waals surface area contributed by atoms with Crippen LogP contribution in [0, 0.1) is 0 Å². The third kappa shape index (κ3) is 1.90. The van der Waals surface area contributed by atoms with Gasteiger partial charge in [-0.3, -0.25) is 5.73 Å². The Hall–Kier alpha value is -1.42. The Kier molecular flexibility index (Phi) is 2.21. The second-order valence-corrected chi connectivity index (χ2v) is 3.44. The van der Waals surface area contributed by atoms with Gasteiger partial charge in [-0.2, -0.15) is 0 Å². The molecule has 0 saturated heterocycles. The van der Waals surface area contributed by atoms with Crippen molar-refractivity contribution in [2.24, 2.45) is 5.73 Å². The molecule has 1 unspecified atom stereocenters. The number of pyridine rings is 1. The van der Waals surface area contributed by atoms with E-state index in [9.17, 15) is 4.39 Å². The second kappa shape index (κ2) is 3.38. The fourth-order valence-corrected chi connectivity index (χ4v) is 1.46. The van der Waals surface area contributed by atoms with Crippen LogP contribution in [0.2, 0.25) is 0 Å². The van der Waals surface area contributed by atoms with Gasteiger partial charge in [-0.1, -0.05) is 12.1 Å². The summed E-state index contributed by atoms with van der Waals surface area (Å²) in [6.07, 6.45) is 5.47. The molecule has 1 atom stereocenters. The molecule has 0 aromatic carbocycles. The van der Waals surface area contributed by atoms with Crippen molar-refractivity contribution in [3.63, 3.8) is 0 Å². The van der Waals surface area contributed by atoms with Gasteiger partial charge in [0.1, 0.15) is 5.82 Å². The van der Waals surface area contributed by atoms with E-state index in [0.29, 0.717) is 0 Å². The molecule has 0 amide bonds. The minimum atomic E-state index is -1.65. The summed E-state index contributed by atoms with van der Waals surface area (Å²) < 4.78 is 13.5. The van der Waals surface area contributed by atoms with Crippen molar-refractivity contribution in [2.45, 2.75) is 12.2 Å². The second-order valence-electron chi connectivity index (χ2n) is 3.44. The van der Waals surface area contributed by atoms with Gasteiger partial charge in [0, 0.05) is 18.8 Å². The van der Waals surface area contributed by atoms with E-state index in [2.05, 4.69) is 4.98 Å². The molecule has 14 heavy (non-hydrogen) atoms. The van der Waals surface area contributed by atoms with Crippen molar-refractivity contribution in [3.05, 3.63) is 36.7 Å². The number of anilines is 1. The summed E-state index contributed by atoms with van der Waals surface area (Å²) in [4.78, 5) is 5.83. The number of nitrogens with zero attached hydrogens (tertiary/aromatic N) is 2. The van der Waals surface area contributed by atoms with Gasteiger partial charge in [0.25, 0.3) is 0 Å². The van der Waals surface area contributed by atoms with E-state index in [4.69, 9.17) is 5.73 Å². The summed E-state index contributed by atoms with van der Waals surface area (Å²) in [5.41, 5.74) is 5.42. The molecule has 3 nitrogen and oxygen atoms in total. The van der Waals surface area contributed by atoms with Crippen molar-refractivity contribution in [1.29, 1.82) is 0 Å². The lowest BCUT2D eigenvalue weighted by Crippen LogP contribution is -2.47. The molecule has 0 aliphatic carbocycles. The third-order valence-corrected chi connectivity index (χ3v) is 2.12. The summed E-state index contributed by atoms with van der Waals surface area (Å²) >= 11 is 0. The van der Waals surface area contributed by atoms with E-state index in [1.807, 2.05) is 24.4 Å². The summed E-state index contributed by atoms with van der Waals surface area (Å²) in [6, 6.07) is 5.51. The molecule has 1 aromatic rings. The number of alkyl halides is 1. The number of rotatable bonds is 1. The Morgan fingerprint density at radius 2 is 2.36 bits per heavy atom. The molecular formula is C10H12FN3. The molecule has 1 aromatic heterocycles. The van der Waals surface area contributed by atoms with Crippen molar-refractivity contribution in [2.75, 3.05) is 11.4 Å². The van der Waals surface area contributed by atoms with Crippen molar-refractivity contribution < 1.29 is 4.39 Å². The molecule has 2 heterocycles. The molecule has 1 aliphatic rings. The van der Waals surface area contributed by atoms with E-state index in [-0.39, 0.29) is 13.0 Å². The molecule has 0 fully saturated rings. The van der Waals surface area contributed by atoms with Crippen LogP contribution >= 0.6 is 0 Å². The predicted molar refractivity (Wildman–Crippen MR) is 53.4 cm³/mol. The van der Waals surface area contributed by atoms with Gasteiger partial charge in [0.2, 0.25) is 0 Å². The van der Waals surface area contributed by atoms with Crippen LogP contribution in [-0.4, -0.2) is 17.3 Å². The van der Waals surface area contributed by atoms with Gasteiger partial charge < -0.3 is 4.90 Å². The fourth-order valence-electron chi connectivity index (χ4n) is 1.46. The number of hydrogen-bond donors (Lipinski definition) is 1. The molecule has 1 aliphatic heterocycles. The van der Waals surface area contributed by atoms with Gasteiger partial charge in [-0.15, -0.1) is 0 Å². The zero-order valence-electron chi connectivity index (χ0n) is 7.73. The average molecular weight is 193 g/mol. The number of aromatic nitrogens is 1. The average Bonchev–Trinajstić information content (AvgIpc) is 2.18. The Morgan fingerprint density at radius 1 is 1.50 bits per heavy atom. The third-order valence-electron chi connectivity index (χ3n) is 2.12. The van der Waals surface area contributed by atoms with Crippen molar-refractivity contribution >= 4 is 5.82 Å². The maximum atomic E-state index is 13.5.